The third-order valence-corrected chi connectivity index (χ3v) is 9.89. The molecule has 2 bridgehead atoms. The number of piperidine rings is 1. The number of amides is 2. The average molecular weight is 605 g/mol. The number of likely N-dealkylation sites (tertiary alicyclic amines) is 1. The van der Waals surface area contributed by atoms with Crippen LogP contribution >= 0.6 is 0 Å². The number of ether oxygens (including phenoxy) is 1. The van der Waals surface area contributed by atoms with Crippen LogP contribution in [0.25, 0.3) is 45.0 Å². The number of nitrogens with two attached hydrogens (primary N) is 2. The Morgan fingerprint density at radius 1 is 1.02 bits per heavy atom. The molecule has 1 saturated heterocycles. The minimum absolute atomic E-state index is 0.0131. The molecule has 2 saturated carbocycles. The predicted molar refractivity (Wildman–Crippen MR) is 170 cm³/mol. The maximum atomic E-state index is 13.7. The van der Waals surface area contributed by atoms with Gasteiger partial charge in [-0.2, -0.15) is 0 Å². The molecule has 2 amide bonds. The maximum Gasteiger partial charge on any atom is 0.254 e. The molecule has 230 valence electrons. The summed E-state index contributed by atoms with van der Waals surface area (Å²) in [5.41, 5.74) is 17.9. The monoisotopic (exact) mass is 604 g/mol. The van der Waals surface area contributed by atoms with Crippen LogP contribution in [-0.2, 0) is 24.8 Å². The van der Waals surface area contributed by atoms with Crippen molar-refractivity contribution in [2.45, 2.75) is 50.7 Å². The molecule has 0 radical (unpaired) electrons. The first-order chi connectivity index (χ1) is 21.8. The normalized spacial score (nSPS) is 20.9. The summed E-state index contributed by atoms with van der Waals surface area (Å²) in [6.07, 6.45) is 6.25. The molecule has 1 aromatic carbocycles. The van der Waals surface area contributed by atoms with E-state index >= 15 is 0 Å². The minimum Gasteiger partial charge on any atom is -0.494 e. The average Bonchev–Trinajstić information content (AvgIpc) is 3.44. The Balaban J connectivity index is 1.20. The molecule has 45 heavy (non-hydrogen) atoms. The van der Waals surface area contributed by atoms with Crippen molar-refractivity contribution in [1.82, 2.24) is 29.0 Å². The maximum absolute atomic E-state index is 13.7. The van der Waals surface area contributed by atoms with E-state index in [0.29, 0.717) is 35.2 Å². The van der Waals surface area contributed by atoms with Crippen molar-refractivity contribution in [1.29, 1.82) is 0 Å². The molecule has 4 aromatic heterocycles. The second-order valence-corrected chi connectivity index (χ2v) is 12.9. The second-order valence-electron chi connectivity index (χ2n) is 12.9. The summed E-state index contributed by atoms with van der Waals surface area (Å²) in [6.45, 7) is 1.55. The third kappa shape index (κ3) is 4.64. The number of nitrogens with zero attached hydrogens (tertiary/aromatic N) is 6. The number of carbonyl (C=O) groups excluding carboxylic acids is 2. The highest BCUT2D eigenvalue weighted by molar-refractivity contribution is 6.00. The number of pyridine rings is 2. The lowest BCUT2D eigenvalue weighted by molar-refractivity contribution is -0.117. The molecule has 5 aromatic rings. The van der Waals surface area contributed by atoms with Crippen LogP contribution in [0.5, 0.6) is 5.75 Å². The van der Waals surface area contributed by atoms with E-state index in [0.717, 1.165) is 64.4 Å². The number of imidazole rings is 1. The number of hydrogen-bond acceptors (Lipinski definition) is 7. The van der Waals surface area contributed by atoms with Gasteiger partial charge < -0.3 is 30.2 Å². The zero-order valence-electron chi connectivity index (χ0n) is 25.4. The topological polar surface area (TPSA) is 147 Å². The van der Waals surface area contributed by atoms with E-state index < -0.39 is 0 Å². The van der Waals surface area contributed by atoms with Gasteiger partial charge in [0.15, 0.2) is 5.82 Å². The second kappa shape index (κ2) is 10.4. The summed E-state index contributed by atoms with van der Waals surface area (Å²) >= 11 is 0. The van der Waals surface area contributed by atoms with Crippen molar-refractivity contribution in [2.24, 2.45) is 30.4 Å². The molecule has 8 rings (SSSR count). The number of fused-ring (bicyclic) bond motifs is 4. The van der Waals surface area contributed by atoms with Gasteiger partial charge in [-0.05, 0) is 79.5 Å². The van der Waals surface area contributed by atoms with E-state index in [-0.39, 0.29) is 30.3 Å². The van der Waals surface area contributed by atoms with Crippen molar-refractivity contribution in [3.05, 3.63) is 59.8 Å². The van der Waals surface area contributed by atoms with Crippen LogP contribution < -0.4 is 16.2 Å². The molecule has 3 atom stereocenters. The number of primary amides is 1. The Bertz CT molecular complexity index is 1990. The largest absolute Gasteiger partial charge is 0.494 e. The lowest BCUT2D eigenvalue weighted by Crippen LogP contribution is -2.41. The fraction of sp³-hybridized carbons (Fsp3) is 0.382. The standard InChI is InChI=1S/C34H36N8O3/c1-40-31-25(12-22(14-28(31)45-2)34(44)42-17-21-7-10-26(42)30(21)36)39-33(40)27-13-20-6-9-24(38-32(20)41(27)16-18-3-4-18)23-8-5-19(15-37-23)11-29(35)43/h5-6,8-9,12-15,18,21,26,30H,3-4,7,10-11,16-17,36H2,1-2H3,(H2,35,43). The molecule has 4 N–H and O–H groups in total. The number of methoxy groups -OCH3 is 1. The first kappa shape index (κ1) is 27.8. The van der Waals surface area contributed by atoms with Gasteiger partial charge in [0.1, 0.15) is 16.9 Å². The lowest BCUT2D eigenvalue weighted by Gasteiger charge is -2.27. The first-order valence-corrected chi connectivity index (χ1v) is 15.6. The van der Waals surface area contributed by atoms with Crippen LogP contribution in [0.3, 0.4) is 0 Å². The number of hydrogen-bond donors (Lipinski definition) is 2. The molecule has 3 unspecified atom stereocenters. The molecule has 2 aliphatic carbocycles. The van der Waals surface area contributed by atoms with Crippen molar-refractivity contribution in [3.8, 4) is 28.7 Å². The molecule has 3 fully saturated rings. The van der Waals surface area contributed by atoms with Crippen molar-refractivity contribution < 1.29 is 14.3 Å². The summed E-state index contributed by atoms with van der Waals surface area (Å²) < 4.78 is 10.2. The number of aromatic nitrogens is 5. The van der Waals surface area contributed by atoms with Gasteiger partial charge in [-0.25, -0.2) is 9.97 Å². The summed E-state index contributed by atoms with van der Waals surface area (Å²) in [6, 6.07) is 13.8. The molecular weight excluding hydrogens is 568 g/mol. The smallest absolute Gasteiger partial charge is 0.254 e. The molecular formula is C34H36N8O3. The van der Waals surface area contributed by atoms with Gasteiger partial charge in [0, 0.05) is 49.4 Å². The van der Waals surface area contributed by atoms with Crippen LogP contribution in [0.4, 0.5) is 0 Å². The van der Waals surface area contributed by atoms with E-state index in [4.69, 9.17) is 26.2 Å². The highest BCUT2D eigenvalue weighted by Gasteiger charge is 2.47. The highest BCUT2D eigenvalue weighted by atomic mass is 16.5. The Hall–Kier alpha value is -4.77. The number of rotatable bonds is 8. The molecule has 11 heteroatoms. The molecule has 3 aliphatic rings. The summed E-state index contributed by atoms with van der Waals surface area (Å²) in [5.74, 6) is 1.96. The van der Waals surface area contributed by atoms with E-state index in [1.54, 1.807) is 13.3 Å². The van der Waals surface area contributed by atoms with Crippen molar-refractivity contribution in [3.63, 3.8) is 0 Å². The van der Waals surface area contributed by atoms with Gasteiger partial charge in [-0.3, -0.25) is 14.6 Å². The molecule has 0 spiro atoms. The van der Waals surface area contributed by atoms with E-state index in [1.165, 1.54) is 12.8 Å². The predicted octanol–water partition coefficient (Wildman–Crippen LogP) is 3.66. The Kier molecular flexibility index (Phi) is 6.42. The highest BCUT2D eigenvalue weighted by Crippen LogP contribution is 2.40. The fourth-order valence-electron chi connectivity index (χ4n) is 7.35. The van der Waals surface area contributed by atoms with Crippen LogP contribution in [0.1, 0.15) is 41.6 Å². The minimum atomic E-state index is -0.389. The Morgan fingerprint density at radius 2 is 1.84 bits per heavy atom. The molecule has 5 heterocycles. The summed E-state index contributed by atoms with van der Waals surface area (Å²) in [5, 5.41) is 1.01. The molecule has 11 nitrogen and oxygen atoms in total. The van der Waals surface area contributed by atoms with Gasteiger partial charge in [0.2, 0.25) is 5.91 Å². The molecule has 1 aliphatic heterocycles. The van der Waals surface area contributed by atoms with Crippen LogP contribution in [0.15, 0.2) is 48.7 Å². The van der Waals surface area contributed by atoms with Gasteiger partial charge in [0.05, 0.1) is 36.1 Å². The quantitative estimate of drug-likeness (QED) is 0.275. The Morgan fingerprint density at radius 3 is 2.51 bits per heavy atom. The van der Waals surface area contributed by atoms with Crippen LogP contribution in [0, 0.1) is 11.8 Å². The van der Waals surface area contributed by atoms with Gasteiger partial charge in [-0.1, -0.05) is 6.07 Å². The third-order valence-electron chi connectivity index (χ3n) is 9.89. The van der Waals surface area contributed by atoms with E-state index in [1.807, 2.05) is 46.8 Å². The summed E-state index contributed by atoms with van der Waals surface area (Å²) in [4.78, 5) is 41.7. The SMILES string of the molecule is COc1cc(C(=O)N2CC3CCC2C3N)cc2nc(-c3cc4ccc(-c5ccc(CC(N)=O)cn5)nc4n3CC3CC3)n(C)c12. The number of carbonyl (C=O) groups is 2. The van der Waals surface area contributed by atoms with E-state index in [9.17, 15) is 9.59 Å². The van der Waals surface area contributed by atoms with Crippen LogP contribution in [-0.4, -0.2) is 66.5 Å². The summed E-state index contributed by atoms with van der Waals surface area (Å²) in [7, 11) is 3.62. The van der Waals surface area contributed by atoms with Crippen molar-refractivity contribution in [2.75, 3.05) is 13.7 Å². The van der Waals surface area contributed by atoms with Gasteiger partial charge >= 0.3 is 0 Å². The van der Waals surface area contributed by atoms with E-state index in [2.05, 4.69) is 21.7 Å². The zero-order chi connectivity index (χ0) is 31.0. The lowest BCUT2D eigenvalue weighted by atomic mass is 10.1. The van der Waals surface area contributed by atoms with Gasteiger partial charge in [0.25, 0.3) is 5.91 Å². The first-order valence-electron chi connectivity index (χ1n) is 15.6. The number of aryl methyl sites for hydroxylation is 1. The number of benzene rings is 1. The van der Waals surface area contributed by atoms with Crippen molar-refractivity contribution >= 4 is 33.9 Å². The van der Waals surface area contributed by atoms with Crippen LogP contribution in [0.2, 0.25) is 0 Å². The van der Waals surface area contributed by atoms with Gasteiger partial charge in [-0.15, -0.1) is 0 Å². The fourth-order valence-corrected chi connectivity index (χ4v) is 7.35. The zero-order valence-corrected chi connectivity index (χ0v) is 25.4. The Labute approximate surface area is 260 Å².